The number of nitrogens with zero attached hydrogens (tertiary/aromatic N) is 3. The van der Waals surface area contributed by atoms with E-state index in [1.165, 1.54) is 5.56 Å². The van der Waals surface area contributed by atoms with Crippen molar-refractivity contribution in [2.45, 2.75) is 32.4 Å². The molecule has 2 aromatic rings. The maximum atomic E-state index is 12.3. The Balaban J connectivity index is 1.63. The van der Waals surface area contributed by atoms with Gasteiger partial charge in [-0.2, -0.15) is 5.10 Å². The number of hydrogen-bond donors (Lipinski definition) is 2. The van der Waals surface area contributed by atoms with E-state index < -0.39 is 0 Å². The number of aromatic nitrogens is 2. The third-order valence-corrected chi connectivity index (χ3v) is 4.44. The molecule has 2 amide bonds. The van der Waals surface area contributed by atoms with Gasteiger partial charge in [0.1, 0.15) is 5.82 Å². The smallest absolute Gasteiger partial charge is 0.239 e. The lowest BCUT2D eigenvalue weighted by molar-refractivity contribution is -0.123. The lowest BCUT2D eigenvalue weighted by Gasteiger charge is -2.21. The molecule has 1 aliphatic heterocycles. The highest BCUT2D eigenvalue weighted by atomic mass is 16.2. The second-order valence-electron chi connectivity index (χ2n) is 6.44. The monoisotopic (exact) mass is 341 g/mol. The summed E-state index contributed by atoms with van der Waals surface area (Å²) in [5.41, 5.74) is 7.70. The Morgan fingerprint density at radius 3 is 2.96 bits per heavy atom. The van der Waals surface area contributed by atoms with Crippen LogP contribution >= 0.6 is 0 Å². The summed E-state index contributed by atoms with van der Waals surface area (Å²) >= 11 is 0. The fourth-order valence-electron chi connectivity index (χ4n) is 3.25. The Bertz CT molecular complexity index is 770. The summed E-state index contributed by atoms with van der Waals surface area (Å²) in [4.78, 5) is 25.6. The van der Waals surface area contributed by atoms with E-state index >= 15 is 0 Å². The van der Waals surface area contributed by atoms with E-state index in [0.29, 0.717) is 25.3 Å². The molecule has 1 aromatic carbocycles. The SMILES string of the molecule is Cc1cccc(Cn2nccc2NC(=O)CN2CCC[C@@H]2C(N)=O)c1. The minimum atomic E-state index is -0.366. The third-order valence-electron chi connectivity index (χ3n) is 4.44. The lowest BCUT2D eigenvalue weighted by Crippen LogP contribution is -2.44. The van der Waals surface area contributed by atoms with Crippen LogP contribution in [0.2, 0.25) is 0 Å². The van der Waals surface area contributed by atoms with Gasteiger partial charge in [-0.15, -0.1) is 0 Å². The molecule has 1 atom stereocenters. The summed E-state index contributed by atoms with van der Waals surface area (Å²) in [6.45, 7) is 3.49. The van der Waals surface area contributed by atoms with Crippen molar-refractivity contribution < 1.29 is 9.59 Å². The highest BCUT2D eigenvalue weighted by Crippen LogP contribution is 2.17. The van der Waals surface area contributed by atoms with Crippen molar-refractivity contribution in [2.75, 3.05) is 18.4 Å². The molecule has 0 saturated carbocycles. The highest BCUT2D eigenvalue weighted by Gasteiger charge is 2.30. The zero-order valence-corrected chi connectivity index (χ0v) is 14.3. The first-order valence-electron chi connectivity index (χ1n) is 8.43. The van der Waals surface area contributed by atoms with E-state index in [4.69, 9.17) is 5.73 Å². The van der Waals surface area contributed by atoms with Crippen LogP contribution in [0.25, 0.3) is 0 Å². The van der Waals surface area contributed by atoms with Gasteiger partial charge in [0.15, 0.2) is 0 Å². The number of anilines is 1. The maximum absolute atomic E-state index is 12.3. The fourth-order valence-corrected chi connectivity index (χ4v) is 3.25. The number of benzene rings is 1. The predicted octanol–water partition coefficient (Wildman–Crippen LogP) is 1.13. The van der Waals surface area contributed by atoms with Crippen molar-refractivity contribution in [2.24, 2.45) is 5.73 Å². The number of aryl methyl sites for hydroxylation is 1. The van der Waals surface area contributed by atoms with E-state index in [1.54, 1.807) is 16.9 Å². The quantitative estimate of drug-likeness (QED) is 0.823. The van der Waals surface area contributed by atoms with Crippen molar-refractivity contribution in [3.8, 4) is 0 Å². The molecule has 7 nitrogen and oxygen atoms in total. The van der Waals surface area contributed by atoms with Crippen molar-refractivity contribution >= 4 is 17.6 Å². The van der Waals surface area contributed by atoms with Crippen LogP contribution in [0.3, 0.4) is 0 Å². The average Bonchev–Trinajstić information content (AvgIpc) is 3.17. The molecule has 3 N–H and O–H groups in total. The molecule has 0 aliphatic carbocycles. The van der Waals surface area contributed by atoms with Crippen LogP contribution in [0.5, 0.6) is 0 Å². The highest BCUT2D eigenvalue weighted by molar-refractivity contribution is 5.92. The molecule has 1 fully saturated rings. The van der Waals surface area contributed by atoms with Gasteiger partial charge < -0.3 is 11.1 Å². The third kappa shape index (κ3) is 4.24. The van der Waals surface area contributed by atoms with E-state index in [1.807, 2.05) is 30.0 Å². The Kier molecular flexibility index (Phi) is 5.14. The summed E-state index contributed by atoms with van der Waals surface area (Å²) in [7, 11) is 0. The number of likely N-dealkylation sites (tertiary alicyclic amines) is 1. The summed E-state index contributed by atoms with van der Waals surface area (Å²) in [5.74, 6) is 0.107. The van der Waals surface area contributed by atoms with Crippen LogP contribution in [0.4, 0.5) is 5.82 Å². The molecule has 1 aromatic heterocycles. The van der Waals surface area contributed by atoms with Gasteiger partial charge in [0.05, 0.1) is 25.3 Å². The summed E-state index contributed by atoms with van der Waals surface area (Å²) in [6.07, 6.45) is 3.26. The standard InChI is InChI=1S/C18H23N5O2/c1-13-4-2-5-14(10-13)11-23-16(7-8-20-23)21-17(24)12-22-9-3-6-15(22)18(19)25/h2,4-5,7-8,10,15H,3,6,9,11-12H2,1H3,(H2,19,25)(H,21,24)/t15-/m1/s1. The molecule has 3 rings (SSSR count). The topological polar surface area (TPSA) is 93.2 Å². The zero-order chi connectivity index (χ0) is 17.8. The van der Waals surface area contributed by atoms with Gasteiger partial charge in [-0.05, 0) is 31.9 Å². The van der Waals surface area contributed by atoms with Crippen LogP contribution in [-0.4, -0.2) is 45.6 Å². The van der Waals surface area contributed by atoms with Crippen molar-refractivity contribution in [3.05, 3.63) is 47.7 Å². The summed E-state index contributed by atoms with van der Waals surface area (Å²) in [6, 6.07) is 9.59. The molecule has 0 radical (unpaired) electrons. The first-order chi connectivity index (χ1) is 12.0. The summed E-state index contributed by atoms with van der Waals surface area (Å²) in [5, 5.41) is 7.16. The van der Waals surface area contributed by atoms with Gasteiger partial charge in [-0.3, -0.25) is 14.5 Å². The normalized spacial score (nSPS) is 17.6. The van der Waals surface area contributed by atoms with Crippen LogP contribution < -0.4 is 11.1 Å². The van der Waals surface area contributed by atoms with Gasteiger partial charge in [0, 0.05) is 6.07 Å². The molecular formula is C18H23N5O2. The van der Waals surface area contributed by atoms with Gasteiger partial charge in [-0.25, -0.2) is 4.68 Å². The van der Waals surface area contributed by atoms with Crippen molar-refractivity contribution in [1.82, 2.24) is 14.7 Å². The Hall–Kier alpha value is -2.67. The lowest BCUT2D eigenvalue weighted by atomic mass is 10.1. The molecule has 132 valence electrons. The number of amides is 2. The predicted molar refractivity (Wildman–Crippen MR) is 94.9 cm³/mol. The zero-order valence-electron chi connectivity index (χ0n) is 14.3. The second-order valence-corrected chi connectivity index (χ2v) is 6.44. The Labute approximate surface area is 146 Å². The van der Waals surface area contributed by atoms with E-state index in [9.17, 15) is 9.59 Å². The molecule has 1 aliphatic rings. The largest absolute Gasteiger partial charge is 0.368 e. The molecule has 0 bridgehead atoms. The van der Waals surface area contributed by atoms with Crippen LogP contribution in [0.15, 0.2) is 36.5 Å². The molecular weight excluding hydrogens is 318 g/mol. The van der Waals surface area contributed by atoms with Gasteiger partial charge >= 0.3 is 0 Å². The number of nitrogens with one attached hydrogen (secondary N) is 1. The first kappa shape index (κ1) is 17.2. The number of primary amides is 1. The minimum absolute atomic E-state index is 0.156. The van der Waals surface area contributed by atoms with Crippen molar-refractivity contribution in [1.29, 1.82) is 0 Å². The molecule has 0 unspecified atom stereocenters. The van der Waals surface area contributed by atoms with Crippen molar-refractivity contribution in [3.63, 3.8) is 0 Å². The van der Waals surface area contributed by atoms with E-state index in [0.717, 1.165) is 12.0 Å². The summed E-state index contributed by atoms with van der Waals surface area (Å²) < 4.78 is 1.75. The van der Waals surface area contributed by atoms with Gasteiger partial charge in [0.2, 0.25) is 11.8 Å². The van der Waals surface area contributed by atoms with E-state index in [-0.39, 0.29) is 24.4 Å². The molecule has 7 heteroatoms. The minimum Gasteiger partial charge on any atom is -0.368 e. The number of carbonyl (C=O) groups excluding carboxylic acids is 2. The molecule has 25 heavy (non-hydrogen) atoms. The second kappa shape index (κ2) is 7.48. The molecule has 2 heterocycles. The average molecular weight is 341 g/mol. The molecule has 1 saturated heterocycles. The molecule has 0 spiro atoms. The van der Waals surface area contributed by atoms with E-state index in [2.05, 4.69) is 16.5 Å². The Morgan fingerprint density at radius 2 is 2.20 bits per heavy atom. The first-order valence-corrected chi connectivity index (χ1v) is 8.43. The van der Waals surface area contributed by atoms with Crippen LogP contribution in [0, 0.1) is 6.92 Å². The number of nitrogens with two attached hydrogens (primary N) is 1. The van der Waals surface area contributed by atoms with Gasteiger partial charge in [-0.1, -0.05) is 29.8 Å². The van der Waals surface area contributed by atoms with Crippen LogP contribution in [-0.2, 0) is 16.1 Å². The maximum Gasteiger partial charge on any atom is 0.239 e. The number of carbonyl (C=O) groups is 2. The number of rotatable bonds is 6. The number of hydrogen-bond acceptors (Lipinski definition) is 4. The van der Waals surface area contributed by atoms with Crippen LogP contribution in [0.1, 0.15) is 24.0 Å². The Morgan fingerprint density at radius 1 is 1.36 bits per heavy atom. The fraction of sp³-hybridized carbons (Fsp3) is 0.389. The van der Waals surface area contributed by atoms with Gasteiger partial charge in [0.25, 0.3) is 0 Å².